The Hall–Kier alpha value is -2.54. The molecule has 3 rings (SSSR count). The number of nitrogens with zero attached hydrogens (tertiary/aromatic N) is 3. The van der Waals surface area contributed by atoms with Crippen molar-refractivity contribution in [2.24, 2.45) is 0 Å². The highest BCUT2D eigenvalue weighted by molar-refractivity contribution is 8.00. The van der Waals surface area contributed by atoms with E-state index in [2.05, 4.69) is 52.3 Å². The minimum atomic E-state index is -0.316. The summed E-state index contributed by atoms with van der Waals surface area (Å²) >= 11 is 1.80. The molecule has 30 heavy (non-hydrogen) atoms. The van der Waals surface area contributed by atoms with Gasteiger partial charge >= 0.3 is 0 Å². The second-order valence-electron chi connectivity index (χ2n) is 8.72. The number of thioether (sulfide) groups is 1. The van der Waals surface area contributed by atoms with Crippen LogP contribution in [-0.4, -0.2) is 39.5 Å². The van der Waals surface area contributed by atoms with E-state index >= 15 is 0 Å². The normalized spacial score (nSPS) is 12.1. The molecule has 160 valence electrons. The highest BCUT2D eigenvalue weighted by atomic mass is 32.2. The Balaban J connectivity index is 1.85. The summed E-state index contributed by atoms with van der Waals surface area (Å²) < 4.78 is 11.4. The van der Waals surface area contributed by atoms with Gasteiger partial charge in [0.2, 0.25) is 0 Å². The van der Waals surface area contributed by atoms with Gasteiger partial charge in [-0.25, -0.2) is 9.97 Å². The Bertz CT molecular complexity index is 1030. The van der Waals surface area contributed by atoms with Crippen molar-refractivity contribution >= 4 is 28.5 Å². The highest BCUT2D eigenvalue weighted by Gasteiger charge is 2.25. The molecule has 0 saturated heterocycles. The molecule has 1 N–H and O–H groups in total. The topological polar surface area (TPSA) is 69.2 Å². The number of hydrogen-bond donors (Lipinski definition) is 1. The van der Waals surface area contributed by atoms with Crippen LogP contribution in [0.2, 0.25) is 0 Å². The minimum absolute atomic E-state index is 0.107. The number of hydrogen-bond acceptors (Lipinski definition) is 7. The van der Waals surface area contributed by atoms with Crippen molar-refractivity contribution in [2.45, 2.75) is 56.3 Å². The average molecular weight is 427 g/mol. The lowest BCUT2D eigenvalue weighted by molar-refractivity contribution is 0.128. The average Bonchev–Trinajstić information content (AvgIpc) is 2.67. The van der Waals surface area contributed by atoms with E-state index in [1.54, 1.807) is 31.4 Å². The molecular formula is C23H30N4O2S. The largest absolute Gasteiger partial charge is 0.495 e. The fraction of sp³-hybridized carbons (Fsp3) is 0.435. The number of anilines is 1. The Morgan fingerprint density at radius 3 is 2.47 bits per heavy atom. The number of pyridine rings is 1. The first kappa shape index (κ1) is 22.2. The minimum Gasteiger partial charge on any atom is -0.495 e. The van der Waals surface area contributed by atoms with Crippen LogP contribution in [0.4, 0.5) is 5.82 Å². The maximum Gasteiger partial charge on any atom is 0.145 e. The van der Waals surface area contributed by atoms with E-state index in [1.165, 1.54) is 0 Å². The van der Waals surface area contributed by atoms with Crippen LogP contribution in [0.1, 0.15) is 40.3 Å². The first-order valence-electron chi connectivity index (χ1n) is 9.94. The van der Waals surface area contributed by atoms with Crippen molar-refractivity contribution in [3.8, 4) is 11.5 Å². The number of rotatable bonds is 7. The number of ether oxygens (including phenoxy) is 2. The van der Waals surface area contributed by atoms with Crippen molar-refractivity contribution in [1.29, 1.82) is 0 Å². The molecule has 0 aliphatic carbocycles. The van der Waals surface area contributed by atoms with Crippen molar-refractivity contribution in [1.82, 2.24) is 15.0 Å². The van der Waals surface area contributed by atoms with Crippen molar-refractivity contribution in [3.63, 3.8) is 0 Å². The molecule has 0 fully saturated rings. The van der Waals surface area contributed by atoms with Crippen LogP contribution < -0.4 is 14.8 Å². The third-order valence-electron chi connectivity index (χ3n) is 4.39. The molecule has 2 aromatic heterocycles. The van der Waals surface area contributed by atoms with Gasteiger partial charge in [0.05, 0.1) is 24.5 Å². The smallest absolute Gasteiger partial charge is 0.145 e. The molecule has 2 heterocycles. The van der Waals surface area contributed by atoms with Gasteiger partial charge in [0.1, 0.15) is 29.2 Å². The predicted molar refractivity (Wildman–Crippen MR) is 124 cm³/mol. The number of aromatic nitrogens is 3. The van der Waals surface area contributed by atoms with Gasteiger partial charge in [0.25, 0.3) is 0 Å². The van der Waals surface area contributed by atoms with Gasteiger partial charge in [-0.05, 0) is 52.8 Å². The zero-order valence-corrected chi connectivity index (χ0v) is 19.6. The zero-order chi connectivity index (χ0) is 21.9. The van der Waals surface area contributed by atoms with E-state index in [0.29, 0.717) is 5.75 Å². The molecule has 0 spiro atoms. The van der Waals surface area contributed by atoms with E-state index in [-0.39, 0.29) is 10.3 Å². The second-order valence-corrected chi connectivity index (χ2v) is 10.5. The Morgan fingerprint density at radius 2 is 1.80 bits per heavy atom. The fourth-order valence-electron chi connectivity index (χ4n) is 3.18. The molecule has 1 aromatic carbocycles. The maximum atomic E-state index is 6.18. The van der Waals surface area contributed by atoms with Gasteiger partial charge in [-0.1, -0.05) is 0 Å². The quantitative estimate of drug-likeness (QED) is 0.510. The summed E-state index contributed by atoms with van der Waals surface area (Å²) in [7, 11) is 3.51. The van der Waals surface area contributed by atoms with Crippen molar-refractivity contribution in [2.75, 3.05) is 19.5 Å². The maximum absolute atomic E-state index is 6.18. The van der Waals surface area contributed by atoms with Gasteiger partial charge in [0.15, 0.2) is 0 Å². The molecule has 7 heteroatoms. The Morgan fingerprint density at radius 1 is 1.03 bits per heavy atom. The highest BCUT2D eigenvalue weighted by Crippen LogP contribution is 2.39. The molecule has 0 amide bonds. The lowest BCUT2D eigenvalue weighted by Crippen LogP contribution is -2.26. The third-order valence-corrected chi connectivity index (χ3v) is 5.58. The fourth-order valence-corrected chi connectivity index (χ4v) is 4.33. The molecular weight excluding hydrogens is 396 g/mol. The summed E-state index contributed by atoms with van der Waals surface area (Å²) in [5.74, 6) is 2.29. The van der Waals surface area contributed by atoms with Crippen LogP contribution in [0.15, 0.2) is 41.7 Å². The van der Waals surface area contributed by atoms with Crippen LogP contribution in [0, 0.1) is 0 Å². The molecule has 0 unspecified atom stereocenters. The van der Waals surface area contributed by atoms with E-state index in [9.17, 15) is 0 Å². The Kier molecular flexibility index (Phi) is 6.41. The number of fused-ring (bicyclic) bond motifs is 1. The molecule has 0 atom stereocenters. The summed E-state index contributed by atoms with van der Waals surface area (Å²) in [6, 6.07) is 8.21. The van der Waals surface area contributed by atoms with Crippen LogP contribution in [0.3, 0.4) is 0 Å². The van der Waals surface area contributed by atoms with Gasteiger partial charge in [-0.3, -0.25) is 4.98 Å². The van der Waals surface area contributed by atoms with Crippen LogP contribution in [0.5, 0.6) is 11.5 Å². The molecule has 0 radical (unpaired) electrons. The molecule has 0 aliphatic rings. The molecule has 0 saturated carbocycles. The predicted octanol–water partition coefficient (Wildman–Crippen LogP) is 5.37. The molecule has 6 nitrogen and oxygen atoms in total. The summed E-state index contributed by atoms with van der Waals surface area (Å²) in [6.07, 6.45) is 4.08. The molecule has 3 aromatic rings. The van der Waals surface area contributed by atoms with Gasteiger partial charge < -0.3 is 14.8 Å². The number of benzene rings is 1. The summed E-state index contributed by atoms with van der Waals surface area (Å²) in [5.41, 5.74) is 1.53. The molecule has 0 aliphatic heterocycles. The monoisotopic (exact) mass is 426 g/mol. The van der Waals surface area contributed by atoms with Crippen LogP contribution >= 0.6 is 11.8 Å². The van der Waals surface area contributed by atoms with E-state index in [0.717, 1.165) is 39.5 Å². The van der Waals surface area contributed by atoms with Gasteiger partial charge in [0, 0.05) is 34.6 Å². The van der Waals surface area contributed by atoms with Crippen molar-refractivity contribution < 1.29 is 9.47 Å². The van der Waals surface area contributed by atoms with Crippen LogP contribution in [-0.2, 0) is 6.42 Å². The molecule has 0 bridgehead atoms. The van der Waals surface area contributed by atoms with Gasteiger partial charge in [-0.15, -0.1) is 11.8 Å². The van der Waals surface area contributed by atoms with E-state index in [1.807, 2.05) is 33.9 Å². The SMILES string of the molecule is CNc1ncnc2cc(SC(C)(C)Cc3ncc(OC)cc3OC(C)(C)C)ccc12. The summed E-state index contributed by atoms with van der Waals surface area (Å²) in [6.45, 7) is 10.5. The summed E-state index contributed by atoms with van der Waals surface area (Å²) in [5, 5.41) is 4.13. The lowest BCUT2D eigenvalue weighted by Gasteiger charge is -2.27. The summed E-state index contributed by atoms with van der Waals surface area (Å²) in [4.78, 5) is 14.5. The second kappa shape index (κ2) is 8.68. The Labute approximate surface area is 182 Å². The first-order chi connectivity index (χ1) is 14.1. The zero-order valence-electron chi connectivity index (χ0n) is 18.7. The van der Waals surface area contributed by atoms with Crippen LogP contribution in [0.25, 0.3) is 10.9 Å². The third kappa shape index (κ3) is 5.53. The number of nitrogens with one attached hydrogen (secondary N) is 1. The van der Waals surface area contributed by atoms with E-state index < -0.39 is 0 Å². The van der Waals surface area contributed by atoms with Crippen molar-refractivity contribution in [3.05, 3.63) is 42.5 Å². The standard InChI is InChI=1S/C23H30N4O2S/c1-22(2,3)29-20-10-15(28-7)13-25-19(20)12-23(4,5)30-16-8-9-17-18(11-16)26-14-27-21(17)24-6/h8-11,13-14H,12H2,1-7H3,(H,24,26,27). The lowest BCUT2D eigenvalue weighted by atomic mass is 10.1. The first-order valence-corrected chi connectivity index (χ1v) is 10.8. The number of methoxy groups -OCH3 is 1. The van der Waals surface area contributed by atoms with E-state index in [4.69, 9.17) is 9.47 Å². The van der Waals surface area contributed by atoms with Gasteiger partial charge in [-0.2, -0.15) is 0 Å².